The Hall–Kier alpha value is -4.25. The lowest BCUT2D eigenvalue weighted by Crippen LogP contribution is -2.18. The standard InChI is InChI=1S/C31H33ClFN5O4/c1-31(2,40)23-13-28(42-16-18-7-6-8-19(33)11-18)24(32)14-26(23)37-30-22-12-21(20(29(34)39)9-10-38(3)4)27(41-5)15-25(22)35-17-36-30/h6-9,11-15,17,40H,10,16H2,1-5H3,(H2,34,39)(H,35,36,37). The van der Waals surface area contributed by atoms with Crippen LogP contribution < -0.4 is 20.5 Å². The van der Waals surface area contributed by atoms with Gasteiger partial charge in [0.1, 0.15) is 36.1 Å². The number of fused-ring (bicyclic) bond motifs is 1. The lowest BCUT2D eigenvalue weighted by Gasteiger charge is -2.24. The lowest BCUT2D eigenvalue weighted by atomic mass is 9.95. The second kappa shape index (κ2) is 12.7. The molecule has 0 bridgehead atoms. The smallest absolute Gasteiger partial charge is 0.249 e. The maximum atomic E-state index is 13.6. The third-order valence-electron chi connectivity index (χ3n) is 6.44. The molecule has 1 amide bonds. The van der Waals surface area contributed by atoms with Gasteiger partial charge in [-0.25, -0.2) is 14.4 Å². The maximum Gasteiger partial charge on any atom is 0.249 e. The van der Waals surface area contributed by atoms with E-state index in [0.29, 0.717) is 57.1 Å². The molecule has 220 valence electrons. The van der Waals surface area contributed by atoms with Crippen molar-refractivity contribution >= 4 is 45.5 Å². The highest BCUT2D eigenvalue weighted by Crippen LogP contribution is 2.40. The van der Waals surface area contributed by atoms with Crippen LogP contribution in [-0.2, 0) is 17.0 Å². The highest BCUT2D eigenvalue weighted by molar-refractivity contribution is 6.32. The number of hydrogen-bond acceptors (Lipinski definition) is 8. The molecule has 0 spiro atoms. The number of methoxy groups -OCH3 is 1. The molecule has 4 aromatic rings. The van der Waals surface area contributed by atoms with Gasteiger partial charge in [0.05, 0.1) is 23.3 Å². The summed E-state index contributed by atoms with van der Waals surface area (Å²) in [5, 5.41) is 15.2. The van der Waals surface area contributed by atoms with Crippen LogP contribution in [0.15, 0.2) is 60.9 Å². The molecule has 0 saturated heterocycles. The van der Waals surface area contributed by atoms with Gasteiger partial charge in [0.15, 0.2) is 0 Å². The molecule has 0 aliphatic heterocycles. The second-order valence-electron chi connectivity index (χ2n) is 10.5. The first-order valence-corrected chi connectivity index (χ1v) is 13.4. The van der Waals surface area contributed by atoms with Crippen LogP contribution in [0.3, 0.4) is 0 Å². The first kappa shape index (κ1) is 30.7. The molecule has 1 aromatic heterocycles. The molecule has 42 heavy (non-hydrogen) atoms. The van der Waals surface area contributed by atoms with Gasteiger partial charge in [-0.2, -0.15) is 0 Å². The molecule has 0 atom stereocenters. The number of anilines is 2. The van der Waals surface area contributed by atoms with Crippen molar-refractivity contribution < 1.29 is 23.8 Å². The maximum absolute atomic E-state index is 13.6. The summed E-state index contributed by atoms with van der Waals surface area (Å²) in [6, 6.07) is 12.8. The number of amides is 1. The molecule has 0 radical (unpaired) electrons. The topological polar surface area (TPSA) is 123 Å². The third-order valence-corrected chi connectivity index (χ3v) is 6.74. The van der Waals surface area contributed by atoms with E-state index in [2.05, 4.69) is 15.3 Å². The molecule has 0 unspecified atom stereocenters. The van der Waals surface area contributed by atoms with Crippen LogP contribution in [0.2, 0.25) is 5.02 Å². The van der Waals surface area contributed by atoms with E-state index < -0.39 is 11.5 Å². The molecular weight excluding hydrogens is 561 g/mol. The van der Waals surface area contributed by atoms with Crippen LogP contribution in [0.4, 0.5) is 15.9 Å². The number of carbonyl (C=O) groups is 1. The Morgan fingerprint density at radius 2 is 1.93 bits per heavy atom. The van der Waals surface area contributed by atoms with Crippen LogP contribution in [-0.4, -0.2) is 53.6 Å². The number of hydrogen-bond donors (Lipinski definition) is 3. The van der Waals surface area contributed by atoms with Crippen LogP contribution in [0, 0.1) is 5.82 Å². The van der Waals surface area contributed by atoms with Gasteiger partial charge in [-0.15, -0.1) is 0 Å². The SMILES string of the molecule is COc1cc2ncnc(Nc3cc(Cl)c(OCc4cccc(F)c4)cc3C(C)(C)O)c2cc1C(=CCN(C)C)C(N)=O. The van der Waals surface area contributed by atoms with Gasteiger partial charge in [0, 0.05) is 40.4 Å². The van der Waals surface area contributed by atoms with Crippen LogP contribution >= 0.6 is 11.6 Å². The minimum Gasteiger partial charge on any atom is -0.496 e. The third kappa shape index (κ3) is 7.14. The summed E-state index contributed by atoms with van der Waals surface area (Å²) in [5.74, 6) is 0.172. The number of benzene rings is 3. The average Bonchev–Trinajstić information content (AvgIpc) is 2.91. The Kier molecular flexibility index (Phi) is 9.30. The molecule has 4 rings (SSSR count). The van der Waals surface area contributed by atoms with Crippen molar-refractivity contribution in [3.05, 3.63) is 88.5 Å². The fourth-order valence-corrected chi connectivity index (χ4v) is 4.59. The largest absolute Gasteiger partial charge is 0.496 e. The number of nitrogens with zero attached hydrogens (tertiary/aromatic N) is 3. The monoisotopic (exact) mass is 593 g/mol. The number of nitrogens with one attached hydrogen (secondary N) is 1. The number of likely N-dealkylation sites (N-methyl/N-ethyl adjacent to an activating group) is 1. The van der Waals surface area contributed by atoms with Crippen molar-refractivity contribution in [1.29, 1.82) is 0 Å². The van der Waals surface area contributed by atoms with Crippen LogP contribution in [0.25, 0.3) is 16.5 Å². The van der Waals surface area contributed by atoms with E-state index in [0.717, 1.165) is 0 Å². The predicted molar refractivity (Wildman–Crippen MR) is 163 cm³/mol. The predicted octanol–water partition coefficient (Wildman–Crippen LogP) is 5.41. The Morgan fingerprint density at radius 3 is 2.57 bits per heavy atom. The van der Waals surface area contributed by atoms with E-state index in [4.69, 9.17) is 26.8 Å². The summed E-state index contributed by atoms with van der Waals surface area (Å²) in [4.78, 5) is 23.2. The van der Waals surface area contributed by atoms with Gasteiger partial charge in [-0.3, -0.25) is 4.79 Å². The van der Waals surface area contributed by atoms with Crippen molar-refractivity contribution in [1.82, 2.24) is 14.9 Å². The van der Waals surface area contributed by atoms with Gasteiger partial charge in [0.2, 0.25) is 5.91 Å². The lowest BCUT2D eigenvalue weighted by molar-refractivity contribution is -0.112. The first-order valence-electron chi connectivity index (χ1n) is 13.1. The number of carbonyl (C=O) groups excluding carboxylic acids is 1. The molecule has 0 saturated carbocycles. The van der Waals surface area contributed by atoms with Crippen molar-refractivity contribution in [2.24, 2.45) is 5.73 Å². The number of halogens is 2. The van der Waals surface area contributed by atoms with E-state index in [1.807, 2.05) is 19.0 Å². The van der Waals surface area contributed by atoms with E-state index in [1.165, 1.54) is 25.6 Å². The molecule has 4 N–H and O–H groups in total. The van der Waals surface area contributed by atoms with Gasteiger partial charge in [0.25, 0.3) is 0 Å². The molecule has 3 aromatic carbocycles. The van der Waals surface area contributed by atoms with Gasteiger partial charge >= 0.3 is 0 Å². The zero-order valence-corrected chi connectivity index (χ0v) is 24.8. The van der Waals surface area contributed by atoms with Crippen molar-refractivity contribution in [2.45, 2.75) is 26.1 Å². The summed E-state index contributed by atoms with van der Waals surface area (Å²) >= 11 is 6.60. The highest BCUT2D eigenvalue weighted by Gasteiger charge is 2.24. The van der Waals surface area contributed by atoms with Crippen molar-refractivity contribution in [3.8, 4) is 11.5 Å². The Balaban J connectivity index is 1.78. The van der Waals surface area contributed by atoms with E-state index in [-0.39, 0.29) is 23.0 Å². The number of nitrogens with two attached hydrogens (primary N) is 1. The molecule has 11 heteroatoms. The molecule has 9 nitrogen and oxygen atoms in total. The second-order valence-corrected chi connectivity index (χ2v) is 10.9. The number of primary amides is 1. The average molecular weight is 594 g/mol. The van der Waals surface area contributed by atoms with Crippen LogP contribution in [0.1, 0.15) is 30.5 Å². The van der Waals surface area contributed by atoms with Gasteiger partial charge in [-0.05, 0) is 63.8 Å². The van der Waals surface area contributed by atoms with Gasteiger partial charge in [-0.1, -0.05) is 29.8 Å². The minimum absolute atomic E-state index is 0.0836. The van der Waals surface area contributed by atoms with E-state index >= 15 is 0 Å². The van der Waals surface area contributed by atoms with E-state index in [1.54, 1.807) is 56.3 Å². The highest BCUT2D eigenvalue weighted by atomic mass is 35.5. The Morgan fingerprint density at radius 1 is 1.17 bits per heavy atom. The Bertz CT molecular complexity index is 1650. The fraction of sp³-hybridized carbons (Fsp3) is 0.258. The van der Waals surface area contributed by atoms with Crippen molar-refractivity contribution in [3.63, 3.8) is 0 Å². The molecule has 0 aliphatic rings. The van der Waals surface area contributed by atoms with E-state index in [9.17, 15) is 14.3 Å². The fourth-order valence-electron chi connectivity index (χ4n) is 4.37. The summed E-state index contributed by atoms with van der Waals surface area (Å²) in [6.45, 7) is 3.83. The Labute approximate surface area is 248 Å². The number of aromatic nitrogens is 2. The zero-order chi connectivity index (χ0) is 30.6. The zero-order valence-electron chi connectivity index (χ0n) is 24.0. The molecule has 1 heterocycles. The summed E-state index contributed by atoms with van der Waals surface area (Å²) in [6.07, 6.45) is 3.13. The minimum atomic E-state index is -1.31. The summed E-state index contributed by atoms with van der Waals surface area (Å²) in [5.41, 5.74) is 7.35. The molecular formula is C31H33ClFN5O4. The summed E-state index contributed by atoms with van der Waals surface area (Å²) < 4.78 is 25.1. The number of rotatable bonds is 11. The number of aliphatic hydroxyl groups is 1. The quantitative estimate of drug-likeness (QED) is 0.197. The summed E-state index contributed by atoms with van der Waals surface area (Å²) in [7, 11) is 5.27. The van der Waals surface area contributed by atoms with Crippen molar-refractivity contribution in [2.75, 3.05) is 33.1 Å². The molecule has 0 fully saturated rings. The number of ether oxygens (including phenoxy) is 2. The van der Waals surface area contributed by atoms with Gasteiger partial charge < -0.3 is 30.5 Å². The first-order chi connectivity index (χ1) is 19.9. The van der Waals surface area contributed by atoms with Crippen LogP contribution in [0.5, 0.6) is 11.5 Å². The molecule has 0 aliphatic carbocycles. The normalized spacial score (nSPS) is 12.1.